The molecule has 0 bridgehead atoms. The fourth-order valence-electron chi connectivity index (χ4n) is 2.50. The standard InChI is InChI=1S/C20H19N3O2S/c1-13(26-18-7-3-5-15-6-4-12-21-19(15)18)20(25)23-17-10-8-16(9-11-17)22-14(2)24/h3-13H,1-2H3,(H,22,24)(H,23,25). The minimum absolute atomic E-state index is 0.0878. The van der Waals surface area contributed by atoms with Crippen molar-refractivity contribution >= 4 is 45.9 Å². The van der Waals surface area contributed by atoms with E-state index in [1.165, 1.54) is 18.7 Å². The van der Waals surface area contributed by atoms with Crippen molar-refractivity contribution in [1.82, 2.24) is 4.98 Å². The quantitative estimate of drug-likeness (QED) is 0.661. The van der Waals surface area contributed by atoms with Crippen LogP contribution < -0.4 is 10.6 Å². The van der Waals surface area contributed by atoms with Gasteiger partial charge in [0.05, 0.1) is 10.8 Å². The first-order valence-corrected chi connectivity index (χ1v) is 9.10. The molecule has 2 aromatic carbocycles. The van der Waals surface area contributed by atoms with Crippen LogP contribution in [0.1, 0.15) is 13.8 Å². The topological polar surface area (TPSA) is 71.1 Å². The first-order chi connectivity index (χ1) is 12.5. The zero-order chi connectivity index (χ0) is 18.5. The highest BCUT2D eigenvalue weighted by atomic mass is 32.2. The molecule has 0 aliphatic rings. The van der Waals surface area contributed by atoms with E-state index in [0.717, 1.165) is 15.8 Å². The number of carbonyl (C=O) groups is 2. The van der Waals surface area contributed by atoms with E-state index in [4.69, 9.17) is 0 Å². The van der Waals surface area contributed by atoms with Crippen LogP contribution in [0.3, 0.4) is 0 Å². The highest BCUT2D eigenvalue weighted by molar-refractivity contribution is 8.00. The Balaban J connectivity index is 1.67. The molecule has 6 heteroatoms. The van der Waals surface area contributed by atoms with Gasteiger partial charge in [-0.05, 0) is 43.3 Å². The van der Waals surface area contributed by atoms with Gasteiger partial charge in [-0.25, -0.2) is 0 Å². The van der Waals surface area contributed by atoms with Gasteiger partial charge in [-0.15, -0.1) is 11.8 Å². The molecule has 1 heterocycles. The maximum absolute atomic E-state index is 12.5. The van der Waals surface area contributed by atoms with Crippen LogP contribution in [-0.4, -0.2) is 22.0 Å². The Hall–Kier alpha value is -2.86. The van der Waals surface area contributed by atoms with Crippen LogP contribution in [0, 0.1) is 0 Å². The zero-order valence-corrected chi connectivity index (χ0v) is 15.3. The molecular formula is C20H19N3O2S. The highest BCUT2D eigenvalue weighted by Crippen LogP contribution is 2.30. The van der Waals surface area contributed by atoms with E-state index in [1.54, 1.807) is 30.5 Å². The van der Waals surface area contributed by atoms with Crippen LogP contribution in [0.4, 0.5) is 11.4 Å². The molecule has 1 atom stereocenters. The number of hydrogen-bond donors (Lipinski definition) is 2. The molecule has 132 valence electrons. The molecule has 1 unspecified atom stereocenters. The van der Waals surface area contributed by atoms with Gasteiger partial charge in [0, 0.05) is 34.8 Å². The average molecular weight is 365 g/mol. The Morgan fingerprint density at radius 3 is 2.31 bits per heavy atom. The number of benzene rings is 2. The monoisotopic (exact) mass is 365 g/mol. The van der Waals surface area contributed by atoms with Gasteiger partial charge in [-0.1, -0.05) is 18.2 Å². The van der Waals surface area contributed by atoms with E-state index in [2.05, 4.69) is 15.6 Å². The molecule has 3 aromatic rings. The number of amides is 2. The molecule has 3 rings (SSSR count). The number of fused-ring (bicyclic) bond motifs is 1. The van der Waals surface area contributed by atoms with E-state index in [-0.39, 0.29) is 17.1 Å². The number of aromatic nitrogens is 1. The number of nitrogens with zero attached hydrogens (tertiary/aromatic N) is 1. The maximum Gasteiger partial charge on any atom is 0.237 e. The van der Waals surface area contributed by atoms with Crippen LogP contribution in [0.5, 0.6) is 0 Å². The van der Waals surface area contributed by atoms with Crippen LogP contribution >= 0.6 is 11.8 Å². The molecule has 0 fully saturated rings. The SMILES string of the molecule is CC(=O)Nc1ccc(NC(=O)C(C)Sc2cccc3cccnc23)cc1. The van der Waals surface area contributed by atoms with Crippen molar-refractivity contribution in [3.05, 3.63) is 60.8 Å². The lowest BCUT2D eigenvalue weighted by atomic mass is 10.2. The van der Waals surface area contributed by atoms with E-state index < -0.39 is 0 Å². The number of hydrogen-bond acceptors (Lipinski definition) is 4. The molecule has 0 saturated carbocycles. The van der Waals surface area contributed by atoms with Crippen LogP contribution in [0.25, 0.3) is 10.9 Å². The summed E-state index contributed by atoms with van der Waals surface area (Å²) in [7, 11) is 0. The smallest absolute Gasteiger partial charge is 0.237 e. The Morgan fingerprint density at radius 2 is 1.62 bits per heavy atom. The first kappa shape index (κ1) is 17.9. The lowest BCUT2D eigenvalue weighted by Crippen LogP contribution is -2.22. The number of pyridine rings is 1. The van der Waals surface area contributed by atoms with Gasteiger partial charge >= 0.3 is 0 Å². The van der Waals surface area contributed by atoms with Gasteiger partial charge in [0.15, 0.2) is 0 Å². The predicted octanol–water partition coefficient (Wildman–Crippen LogP) is 4.31. The molecule has 0 aliphatic carbocycles. The van der Waals surface area contributed by atoms with Crippen molar-refractivity contribution in [2.45, 2.75) is 24.0 Å². The molecule has 0 radical (unpaired) electrons. The van der Waals surface area contributed by atoms with Gasteiger partial charge in [-0.2, -0.15) is 0 Å². The normalized spacial score (nSPS) is 11.8. The minimum atomic E-state index is -0.280. The van der Waals surface area contributed by atoms with Crippen LogP contribution in [0.2, 0.25) is 0 Å². The van der Waals surface area contributed by atoms with Gasteiger partial charge in [0.1, 0.15) is 0 Å². The summed E-state index contributed by atoms with van der Waals surface area (Å²) in [4.78, 5) is 28.9. The van der Waals surface area contributed by atoms with E-state index in [9.17, 15) is 9.59 Å². The largest absolute Gasteiger partial charge is 0.326 e. The summed E-state index contributed by atoms with van der Waals surface area (Å²) in [5, 5.41) is 6.37. The highest BCUT2D eigenvalue weighted by Gasteiger charge is 2.16. The molecular weight excluding hydrogens is 346 g/mol. The summed E-state index contributed by atoms with van der Waals surface area (Å²) >= 11 is 1.48. The summed E-state index contributed by atoms with van der Waals surface area (Å²) in [6.07, 6.45) is 1.76. The number of thioether (sulfide) groups is 1. The third-order valence-corrected chi connectivity index (χ3v) is 4.89. The maximum atomic E-state index is 12.5. The van der Waals surface area contributed by atoms with Crippen molar-refractivity contribution in [3.8, 4) is 0 Å². The Bertz CT molecular complexity index is 936. The molecule has 5 nitrogen and oxygen atoms in total. The lowest BCUT2D eigenvalue weighted by Gasteiger charge is -2.13. The van der Waals surface area contributed by atoms with Crippen LogP contribution in [-0.2, 0) is 9.59 Å². The molecule has 0 aliphatic heterocycles. The fraction of sp³-hybridized carbons (Fsp3) is 0.150. The number of anilines is 2. The van der Waals surface area contributed by atoms with Crippen LogP contribution in [0.15, 0.2) is 65.7 Å². The molecule has 0 spiro atoms. The Kier molecular flexibility index (Phi) is 5.53. The van der Waals surface area contributed by atoms with Gasteiger partial charge in [0.25, 0.3) is 0 Å². The summed E-state index contributed by atoms with van der Waals surface area (Å²) in [5.41, 5.74) is 2.28. The number of carbonyl (C=O) groups excluding carboxylic acids is 2. The van der Waals surface area contributed by atoms with Crippen molar-refractivity contribution < 1.29 is 9.59 Å². The molecule has 1 aromatic heterocycles. The van der Waals surface area contributed by atoms with Crippen molar-refractivity contribution in [2.24, 2.45) is 0 Å². The van der Waals surface area contributed by atoms with Crippen molar-refractivity contribution in [2.75, 3.05) is 10.6 Å². The average Bonchev–Trinajstić information content (AvgIpc) is 2.63. The molecule has 2 N–H and O–H groups in total. The summed E-state index contributed by atoms with van der Waals surface area (Å²) in [5.74, 6) is -0.217. The third kappa shape index (κ3) is 4.40. The van der Waals surface area contributed by atoms with Gasteiger partial charge < -0.3 is 10.6 Å². The predicted molar refractivity (Wildman–Crippen MR) is 106 cm³/mol. The van der Waals surface area contributed by atoms with Crippen molar-refractivity contribution in [1.29, 1.82) is 0 Å². The van der Waals surface area contributed by atoms with Crippen molar-refractivity contribution in [3.63, 3.8) is 0 Å². The molecule has 0 saturated heterocycles. The Labute approximate surface area is 156 Å². The van der Waals surface area contributed by atoms with Gasteiger partial charge in [-0.3, -0.25) is 14.6 Å². The zero-order valence-electron chi connectivity index (χ0n) is 14.5. The second-order valence-electron chi connectivity index (χ2n) is 5.84. The number of nitrogens with one attached hydrogen (secondary N) is 2. The van der Waals surface area contributed by atoms with E-state index in [0.29, 0.717) is 11.4 Å². The fourth-order valence-corrected chi connectivity index (χ4v) is 3.49. The Morgan fingerprint density at radius 1 is 0.962 bits per heavy atom. The van der Waals surface area contributed by atoms with E-state index in [1.807, 2.05) is 37.3 Å². The molecule has 2 amide bonds. The lowest BCUT2D eigenvalue weighted by molar-refractivity contribution is -0.115. The second-order valence-corrected chi connectivity index (χ2v) is 7.22. The summed E-state index contributed by atoms with van der Waals surface area (Å²) in [6.45, 7) is 3.32. The van der Waals surface area contributed by atoms with E-state index >= 15 is 0 Å². The molecule has 26 heavy (non-hydrogen) atoms. The minimum Gasteiger partial charge on any atom is -0.326 e. The summed E-state index contributed by atoms with van der Waals surface area (Å²) < 4.78 is 0. The van der Waals surface area contributed by atoms with Gasteiger partial charge in [0.2, 0.25) is 11.8 Å². The summed E-state index contributed by atoms with van der Waals surface area (Å²) in [6, 6.07) is 16.9. The number of para-hydroxylation sites is 1. The number of rotatable bonds is 5. The first-order valence-electron chi connectivity index (χ1n) is 8.22. The third-order valence-electron chi connectivity index (χ3n) is 3.74. The second kappa shape index (κ2) is 8.01.